The molecule has 0 spiro atoms. The smallest absolute Gasteiger partial charge is 0.232 e. The molecule has 192 valence electrons. The summed E-state index contributed by atoms with van der Waals surface area (Å²) in [6.45, 7) is 0. The number of benzene rings is 2. The SMILES string of the molecule is COc1ncc(F)cc1S(=O)(=O)Cc1ccc(F)c(-c2ccc3c(-c4ncc(C#N)[nH]4)[nH]nc3c2F)c1F. The number of pyridine rings is 1. The van der Waals surface area contributed by atoms with Crippen molar-refractivity contribution in [2.24, 2.45) is 0 Å². The van der Waals surface area contributed by atoms with Crippen LogP contribution in [0.15, 0.2) is 47.6 Å². The van der Waals surface area contributed by atoms with Crippen LogP contribution < -0.4 is 4.74 Å². The Balaban J connectivity index is 1.59. The maximum absolute atomic E-state index is 15.6. The minimum absolute atomic E-state index is 0.155. The van der Waals surface area contributed by atoms with Crippen molar-refractivity contribution in [2.75, 3.05) is 7.11 Å². The van der Waals surface area contributed by atoms with Crippen molar-refractivity contribution >= 4 is 20.7 Å². The molecule has 2 N–H and O–H groups in total. The Morgan fingerprint density at radius 2 is 1.84 bits per heavy atom. The van der Waals surface area contributed by atoms with Crippen LogP contribution in [0.4, 0.5) is 17.6 Å². The summed E-state index contributed by atoms with van der Waals surface area (Å²) in [7, 11) is -3.29. The highest BCUT2D eigenvalue weighted by Gasteiger charge is 2.27. The first-order valence-corrected chi connectivity index (χ1v) is 12.3. The van der Waals surface area contributed by atoms with Crippen LogP contribution in [0, 0.1) is 34.6 Å². The zero-order valence-corrected chi connectivity index (χ0v) is 20.0. The van der Waals surface area contributed by atoms with Gasteiger partial charge in [-0.2, -0.15) is 10.4 Å². The van der Waals surface area contributed by atoms with Gasteiger partial charge in [0.1, 0.15) is 45.3 Å². The van der Waals surface area contributed by atoms with E-state index in [1.807, 2.05) is 6.07 Å². The average Bonchev–Trinajstić information content (AvgIpc) is 3.54. The van der Waals surface area contributed by atoms with Crippen LogP contribution >= 0.6 is 0 Å². The molecule has 0 bridgehead atoms. The van der Waals surface area contributed by atoms with Crippen LogP contribution in [0.3, 0.4) is 0 Å². The Kier molecular flexibility index (Phi) is 6.08. The lowest BCUT2D eigenvalue weighted by Gasteiger charge is -2.13. The van der Waals surface area contributed by atoms with E-state index in [9.17, 15) is 17.2 Å². The third-order valence-electron chi connectivity index (χ3n) is 5.70. The fraction of sp³-hybridized carbons (Fsp3) is 0.0833. The number of H-pyrrole nitrogens is 2. The molecule has 0 amide bonds. The molecule has 0 aliphatic rings. The minimum Gasteiger partial charge on any atom is -0.480 e. The zero-order valence-electron chi connectivity index (χ0n) is 19.2. The second kappa shape index (κ2) is 9.27. The van der Waals surface area contributed by atoms with E-state index < -0.39 is 66.3 Å². The summed E-state index contributed by atoms with van der Waals surface area (Å²) in [6.07, 6.45) is 2.02. The molecule has 0 fully saturated rings. The van der Waals surface area contributed by atoms with Crippen LogP contribution in [-0.4, -0.2) is 40.7 Å². The van der Waals surface area contributed by atoms with E-state index in [0.717, 1.165) is 31.5 Å². The molecule has 5 aromatic rings. The van der Waals surface area contributed by atoms with Gasteiger partial charge in [-0.15, -0.1) is 0 Å². The van der Waals surface area contributed by atoms with E-state index in [-0.39, 0.29) is 28.1 Å². The Morgan fingerprint density at radius 3 is 2.55 bits per heavy atom. The number of nitriles is 1. The normalized spacial score (nSPS) is 11.6. The number of hydrogen-bond donors (Lipinski definition) is 2. The molecule has 0 aliphatic heterocycles. The monoisotopic (exact) mass is 542 g/mol. The maximum Gasteiger partial charge on any atom is 0.232 e. The molecule has 0 saturated carbocycles. The van der Waals surface area contributed by atoms with E-state index in [2.05, 4.69) is 25.1 Å². The number of aromatic amines is 2. The first-order chi connectivity index (χ1) is 18.1. The van der Waals surface area contributed by atoms with E-state index >= 15 is 8.78 Å². The predicted molar refractivity (Wildman–Crippen MR) is 125 cm³/mol. The Bertz CT molecular complexity index is 1880. The van der Waals surface area contributed by atoms with Crippen molar-refractivity contribution in [1.29, 1.82) is 5.26 Å². The van der Waals surface area contributed by atoms with Gasteiger partial charge in [0.2, 0.25) is 5.88 Å². The number of rotatable bonds is 6. The van der Waals surface area contributed by atoms with Crippen molar-refractivity contribution in [2.45, 2.75) is 10.6 Å². The molecule has 14 heteroatoms. The van der Waals surface area contributed by atoms with Crippen LogP contribution in [0.25, 0.3) is 33.5 Å². The number of sulfone groups is 1. The fourth-order valence-corrected chi connectivity index (χ4v) is 5.43. The molecular weight excluding hydrogens is 528 g/mol. The molecule has 3 aromatic heterocycles. The van der Waals surface area contributed by atoms with Crippen molar-refractivity contribution in [3.05, 3.63) is 77.3 Å². The van der Waals surface area contributed by atoms with Gasteiger partial charge in [-0.1, -0.05) is 12.1 Å². The maximum atomic E-state index is 15.6. The summed E-state index contributed by atoms with van der Waals surface area (Å²) in [6, 6.07) is 6.71. The second-order valence-electron chi connectivity index (χ2n) is 7.99. The summed E-state index contributed by atoms with van der Waals surface area (Å²) < 4.78 is 90.4. The molecule has 2 aromatic carbocycles. The van der Waals surface area contributed by atoms with Crippen LogP contribution in [0.2, 0.25) is 0 Å². The quantitative estimate of drug-likeness (QED) is 0.303. The van der Waals surface area contributed by atoms with Crippen LogP contribution in [-0.2, 0) is 15.6 Å². The Morgan fingerprint density at radius 1 is 1.05 bits per heavy atom. The lowest BCUT2D eigenvalue weighted by Crippen LogP contribution is -2.10. The number of imidazole rings is 1. The molecule has 38 heavy (non-hydrogen) atoms. The minimum atomic E-state index is -4.42. The van der Waals surface area contributed by atoms with Gasteiger partial charge in [0.15, 0.2) is 21.5 Å². The van der Waals surface area contributed by atoms with Crippen molar-refractivity contribution in [1.82, 2.24) is 25.1 Å². The van der Waals surface area contributed by atoms with Gasteiger partial charge in [0.05, 0.1) is 30.8 Å². The molecule has 5 rings (SSSR count). The topological polar surface area (TPSA) is 137 Å². The third-order valence-corrected chi connectivity index (χ3v) is 7.35. The highest BCUT2D eigenvalue weighted by Crippen LogP contribution is 2.36. The highest BCUT2D eigenvalue weighted by molar-refractivity contribution is 7.90. The molecule has 0 atom stereocenters. The number of aromatic nitrogens is 5. The summed E-state index contributed by atoms with van der Waals surface area (Å²) in [5.41, 5.74) is -1.68. The first-order valence-electron chi connectivity index (χ1n) is 10.7. The molecule has 3 heterocycles. The summed E-state index contributed by atoms with van der Waals surface area (Å²) >= 11 is 0. The second-order valence-corrected chi connectivity index (χ2v) is 9.95. The highest BCUT2D eigenvalue weighted by atomic mass is 32.2. The van der Waals surface area contributed by atoms with Crippen LogP contribution in [0.1, 0.15) is 11.3 Å². The lowest BCUT2D eigenvalue weighted by atomic mass is 9.99. The molecule has 0 unspecified atom stereocenters. The number of nitrogens with one attached hydrogen (secondary N) is 2. The molecule has 0 aliphatic carbocycles. The summed E-state index contributed by atoms with van der Waals surface area (Å²) in [4.78, 5) is 9.68. The van der Waals surface area contributed by atoms with Gasteiger partial charge in [-0.05, 0) is 18.2 Å². The molecule has 9 nitrogen and oxygen atoms in total. The summed E-state index contributed by atoms with van der Waals surface area (Å²) in [5, 5.41) is 15.7. The number of hydrogen-bond acceptors (Lipinski definition) is 7. The fourth-order valence-electron chi connectivity index (χ4n) is 3.95. The first kappa shape index (κ1) is 24.9. The van der Waals surface area contributed by atoms with Crippen molar-refractivity contribution in [3.8, 4) is 34.6 Å². The predicted octanol–water partition coefficient (Wildman–Crippen LogP) is 4.43. The van der Waals surface area contributed by atoms with Gasteiger partial charge < -0.3 is 9.72 Å². The van der Waals surface area contributed by atoms with Crippen molar-refractivity contribution in [3.63, 3.8) is 0 Å². The van der Waals surface area contributed by atoms with Gasteiger partial charge in [-0.3, -0.25) is 5.10 Å². The Labute approximate surface area is 211 Å². The lowest BCUT2D eigenvalue weighted by molar-refractivity contribution is 0.382. The van der Waals surface area contributed by atoms with E-state index in [4.69, 9.17) is 10.00 Å². The van der Waals surface area contributed by atoms with E-state index in [1.54, 1.807) is 0 Å². The van der Waals surface area contributed by atoms with Crippen LogP contribution in [0.5, 0.6) is 5.88 Å². The largest absolute Gasteiger partial charge is 0.480 e. The standard InChI is InChI=1S/C24H14F4N6O3S/c1-37-24-17(6-12(25)8-31-24)38(35,36)10-11-2-5-16(26)18(19(11)27)14-3-4-15-21(20(14)28)33-34-22(15)23-30-9-13(7-29)32-23/h2-6,8-9H,10H2,1H3,(H,30,32)(H,33,34). The zero-order chi connectivity index (χ0) is 27.2. The van der Waals surface area contributed by atoms with E-state index in [1.165, 1.54) is 12.3 Å². The number of halogens is 4. The van der Waals surface area contributed by atoms with E-state index in [0.29, 0.717) is 6.07 Å². The number of methoxy groups -OCH3 is 1. The Hall–Kier alpha value is -4.77. The van der Waals surface area contributed by atoms with Gasteiger partial charge in [0, 0.05) is 16.5 Å². The van der Waals surface area contributed by atoms with Gasteiger partial charge >= 0.3 is 0 Å². The molecular formula is C24H14F4N6O3S. The third kappa shape index (κ3) is 4.12. The molecule has 0 saturated heterocycles. The molecule has 0 radical (unpaired) electrons. The number of ether oxygens (including phenoxy) is 1. The van der Waals surface area contributed by atoms with Gasteiger partial charge in [0.25, 0.3) is 0 Å². The van der Waals surface area contributed by atoms with Gasteiger partial charge in [-0.25, -0.2) is 35.9 Å². The van der Waals surface area contributed by atoms with Crippen molar-refractivity contribution < 1.29 is 30.7 Å². The number of nitrogens with zero attached hydrogens (tertiary/aromatic N) is 4. The summed E-state index contributed by atoms with van der Waals surface area (Å²) in [5.74, 6) is -5.73. The average molecular weight is 542 g/mol. The number of fused-ring (bicyclic) bond motifs is 1.